The summed E-state index contributed by atoms with van der Waals surface area (Å²) in [7, 11) is 0. The van der Waals surface area contributed by atoms with Crippen LogP contribution in [0.1, 0.15) is 0 Å². The van der Waals surface area contributed by atoms with Crippen molar-refractivity contribution in [3.8, 4) is 0 Å². The molecular formula is C5H3NSSe. The Morgan fingerprint density at radius 1 is 1.50 bits per heavy atom. The summed E-state index contributed by atoms with van der Waals surface area (Å²) in [5.41, 5.74) is 0. The van der Waals surface area contributed by atoms with Crippen LogP contribution in [0.15, 0.2) is 16.1 Å². The van der Waals surface area contributed by atoms with Gasteiger partial charge in [0.25, 0.3) is 0 Å². The van der Waals surface area contributed by atoms with Crippen molar-refractivity contribution in [3.63, 3.8) is 0 Å². The Morgan fingerprint density at radius 2 is 2.50 bits per heavy atom. The second-order valence-corrected chi connectivity index (χ2v) is 3.91. The van der Waals surface area contributed by atoms with Crippen LogP contribution in [-0.4, -0.2) is 18.9 Å². The van der Waals surface area contributed by atoms with Crippen LogP contribution in [0.25, 0.3) is 10.1 Å². The van der Waals surface area contributed by atoms with Crippen LogP contribution in [0.3, 0.4) is 0 Å². The number of hydrogen-bond acceptors (Lipinski definition) is 2. The molecule has 0 aliphatic rings. The van der Waals surface area contributed by atoms with Gasteiger partial charge in [0.05, 0.1) is 0 Å². The van der Waals surface area contributed by atoms with Crippen molar-refractivity contribution >= 4 is 36.1 Å². The van der Waals surface area contributed by atoms with Crippen LogP contribution >= 0.6 is 11.5 Å². The molecule has 2 heterocycles. The van der Waals surface area contributed by atoms with Crippen molar-refractivity contribution < 1.29 is 0 Å². The van der Waals surface area contributed by atoms with Crippen LogP contribution in [0.4, 0.5) is 0 Å². The van der Waals surface area contributed by atoms with E-state index in [1.165, 1.54) is 10.1 Å². The fourth-order valence-corrected chi connectivity index (χ4v) is 3.26. The van der Waals surface area contributed by atoms with Gasteiger partial charge in [-0.2, -0.15) is 0 Å². The molecule has 0 bridgehead atoms. The average molecular weight is 188 g/mol. The van der Waals surface area contributed by atoms with Crippen molar-refractivity contribution in [1.82, 2.24) is 4.37 Å². The summed E-state index contributed by atoms with van der Waals surface area (Å²) >= 11 is 2.22. The molecule has 0 aliphatic heterocycles. The molecule has 0 atom stereocenters. The van der Waals surface area contributed by atoms with Crippen molar-refractivity contribution in [2.24, 2.45) is 0 Å². The van der Waals surface area contributed by atoms with Crippen LogP contribution in [-0.2, 0) is 0 Å². The molecule has 0 radical (unpaired) electrons. The molecule has 0 fully saturated rings. The van der Waals surface area contributed by atoms with E-state index in [1.54, 1.807) is 11.5 Å². The van der Waals surface area contributed by atoms with Crippen molar-refractivity contribution in [1.29, 1.82) is 0 Å². The second kappa shape index (κ2) is 1.69. The summed E-state index contributed by atoms with van der Waals surface area (Å²) in [6.45, 7) is 0. The van der Waals surface area contributed by atoms with Gasteiger partial charge < -0.3 is 0 Å². The molecule has 2 rings (SSSR count). The molecular weight excluding hydrogens is 185 g/mol. The number of hydrogen-bond donors (Lipinski definition) is 0. The predicted molar refractivity (Wildman–Crippen MR) is 36.6 cm³/mol. The van der Waals surface area contributed by atoms with Crippen LogP contribution < -0.4 is 0 Å². The van der Waals surface area contributed by atoms with Crippen LogP contribution in [0.2, 0.25) is 0 Å². The summed E-state index contributed by atoms with van der Waals surface area (Å²) in [5.74, 6) is 0. The third-order valence-corrected chi connectivity index (χ3v) is 3.69. The first kappa shape index (κ1) is 4.74. The summed E-state index contributed by atoms with van der Waals surface area (Å²) in [5, 5.41) is 1.34. The average Bonchev–Trinajstić information content (AvgIpc) is 2.15. The Labute approximate surface area is 56.9 Å². The molecule has 0 saturated carbocycles. The Hall–Kier alpha value is -0.111. The summed E-state index contributed by atoms with van der Waals surface area (Å²) in [6, 6.07) is 0. The molecule has 2 aromatic rings. The number of rotatable bonds is 0. The van der Waals surface area contributed by atoms with Gasteiger partial charge in [-0.05, 0) is 0 Å². The number of aromatic nitrogens is 1. The standard InChI is InChI=1S/C5H3NSSe/c1-4-2-8-3-5(4)7-6-1/h1-3H. The van der Waals surface area contributed by atoms with E-state index in [0.717, 1.165) is 0 Å². The molecule has 0 saturated heterocycles. The minimum atomic E-state index is 0.629. The first-order valence-electron chi connectivity index (χ1n) is 2.23. The molecule has 0 aliphatic carbocycles. The zero-order valence-electron chi connectivity index (χ0n) is 4.00. The monoisotopic (exact) mass is 189 g/mol. The maximum atomic E-state index is 4.03. The van der Waals surface area contributed by atoms with Gasteiger partial charge in [0.1, 0.15) is 0 Å². The molecule has 3 heteroatoms. The molecule has 1 nitrogen and oxygen atoms in total. The van der Waals surface area contributed by atoms with Crippen LogP contribution in [0, 0.1) is 0 Å². The zero-order chi connectivity index (χ0) is 5.40. The van der Waals surface area contributed by atoms with Gasteiger partial charge >= 0.3 is 56.6 Å². The minimum absolute atomic E-state index is 0.629. The van der Waals surface area contributed by atoms with E-state index >= 15 is 0 Å². The Morgan fingerprint density at radius 3 is 3.38 bits per heavy atom. The second-order valence-electron chi connectivity index (χ2n) is 1.52. The summed E-state index contributed by atoms with van der Waals surface area (Å²) in [4.78, 5) is 4.52. The van der Waals surface area contributed by atoms with Gasteiger partial charge in [0.2, 0.25) is 0 Å². The van der Waals surface area contributed by atoms with Crippen LogP contribution in [0.5, 0.6) is 0 Å². The summed E-state index contributed by atoms with van der Waals surface area (Å²) < 4.78 is 5.40. The molecule has 0 N–H and O–H groups in total. The maximum absolute atomic E-state index is 4.03. The molecule has 40 valence electrons. The fourth-order valence-electron chi connectivity index (χ4n) is 0.603. The Balaban J connectivity index is 3.06. The molecule has 8 heavy (non-hydrogen) atoms. The van der Waals surface area contributed by atoms with E-state index < -0.39 is 0 Å². The Kier molecular flexibility index (Phi) is 1.00. The molecule has 0 spiro atoms. The molecule has 2 aromatic heterocycles. The van der Waals surface area contributed by atoms with E-state index in [2.05, 4.69) is 14.3 Å². The normalized spacial score (nSPS) is 10.5. The Bertz CT molecular complexity index is 234. The summed E-state index contributed by atoms with van der Waals surface area (Å²) in [6.07, 6.45) is 1.94. The number of fused-ring (bicyclic) bond motifs is 1. The van der Waals surface area contributed by atoms with Gasteiger partial charge in [-0.1, -0.05) is 0 Å². The van der Waals surface area contributed by atoms with E-state index in [1.807, 2.05) is 6.20 Å². The van der Waals surface area contributed by atoms with Gasteiger partial charge in [-0.15, -0.1) is 0 Å². The van der Waals surface area contributed by atoms with Gasteiger partial charge in [-0.25, -0.2) is 0 Å². The van der Waals surface area contributed by atoms with Gasteiger partial charge in [-0.3, -0.25) is 0 Å². The van der Waals surface area contributed by atoms with Gasteiger partial charge in [0.15, 0.2) is 0 Å². The number of nitrogens with zero attached hydrogens (tertiary/aromatic N) is 1. The topological polar surface area (TPSA) is 12.9 Å². The predicted octanol–water partition coefficient (Wildman–Crippen LogP) is 1.35. The fraction of sp³-hybridized carbons (Fsp3) is 0. The molecule has 0 unspecified atom stereocenters. The third-order valence-electron chi connectivity index (χ3n) is 0.997. The van der Waals surface area contributed by atoms with Crippen molar-refractivity contribution in [2.75, 3.05) is 0 Å². The third kappa shape index (κ3) is 0.558. The van der Waals surface area contributed by atoms with E-state index in [4.69, 9.17) is 0 Å². The van der Waals surface area contributed by atoms with Crippen molar-refractivity contribution in [3.05, 3.63) is 16.1 Å². The SMILES string of the molecule is c1nsc2c[se]cc12. The molecule has 0 aromatic carbocycles. The van der Waals surface area contributed by atoms with E-state index in [0.29, 0.717) is 14.5 Å². The molecule has 0 amide bonds. The first-order chi connectivity index (χ1) is 3.97. The van der Waals surface area contributed by atoms with Gasteiger partial charge in [0, 0.05) is 0 Å². The van der Waals surface area contributed by atoms with Crippen molar-refractivity contribution in [2.45, 2.75) is 0 Å². The van der Waals surface area contributed by atoms with E-state index in [9.17, 15) is 0 Å². The zero-order valence-corrected chi connectivity index (χ0v) is 6.53. The van der Waals surface area contributed by atoms with E-state index in [-0.39, 0.29) is 0 Å². The quantitative estimate of drug-likeness (QED) is 0.569. The first-order valence-corrected chi connectivity index (χ1v) is 4.98.